The summed E-state index contributed by atoms with van der Waals surface area (Å²) in [4.78, 5) is 4.40. The molecule has 0 amide bonds. The molecule has 1 fully saturated rings. The molecule has 5 nitrogen and oxygen atoms in total. The number of rotatable bonds is 8. The van der Waals surface area contributed by atoms with Gasteiger partial charge < -0.3 is 20.1 Å². The van der Waals surface area contributed by atoms with Gasteiger partial charge in [0.25, 0.3) is 0 Å². The molecular formula is C19H28F3N3O2. The van der Waals surface area contributed by atoms with Gasteiger partial charge in [-0.1, -0.05) is 0 Å². The fourth-order valence-electron chi connectivity index (χ4n) is 2.92. The van der Waals surface area contributed by atoms with Crippen molar-refractivity contribution in [2.75, 3.05) is 20.2 Å². The number of hydrogen-bond acceptors (Lipinski definition) is 3. The van der Waals surface area contributed by atoms with Crippen LogP contribution in [0, 0.1) is 0 Å². The van der Waals surface area contributed by atoms with E-state index >= 15 is 0 Å². The van der Waals surface area contributed by atoms with E-state index in [4.69, 9.17) is 9.47 Å². The molecule has 0 radical (unpaired) electrons. The Morgan fingerprint density at radius 3 is 2.59 bits per heavy atom. The lowest BCUT2D eigenvalue weighted by Crippen LogP contribution is -2.38. The minimum atomic E-state index is -4.19. The number of halogens is 3. The molecule has 1 aromatic rings. The summed E-state index contributed by atoms with van der Waals surface area (Å²) in [6, 6.07) is 5.55. The molecule has 27 heavy (non-hydrogen) atoms. The van der Waals surface area contributed by atoms with Crippen molar-refractivity contribution < 1.29 is 22.6 Å². The van der Waals surface area contributed by atoms with Gasteiger partial charge in [-0.2, -0.15) is 13.2 Å². The number of methoxy groups -OCH3 is 1. The van der Waals surface area contributed by atoms with Crippen LogP contribution in [0.2, 0.25) is 0 Å². The van der Waals surface area contributed by atoms with Crippen LogP contribution in [0.4, 0.5) is 13.2 Å². The highest BCUT2D eigenvalue weighted by atomic mass is 19.4. The fourth-order valence-corrected chi connectivity index (χ4v) is 2.92. The topological polar surface area (TPSA) is 54.9 Å². The number of hydrogen-bond donors (Lipinski definition) is 2. The highest BCUT2D eigenvalue weighted by Crippen LogP contribution is 2.30. The standard InChI is InChI=1S/C19H28F3N3O2/c1-3-23-18(24-11-10-19(20,21)22)25-13-14-8-9-16(26-2)12-17(14)27-15-6-4-5-7-15/h8-9,12,15H,3-7,10-11,13H2,1-2H3,(H2,23,24,25). The molecule has 1 aliphatic rings. The monoisotopic (exact) mass is 387 g/mol. The molecule has 1 aliphatic carbocycles. The van der Waals surface area contributed by atoms with Crippen LogP contribution in [0.15, 0.2) is 23.2 Å². The lowest BCUT2D eigenvalue weighted by Gasteiger charge is -2.17. The van der Waals surface area contributed by atoms with Crippen molar-refractivity contribution in [3.63, 3.8) is 0 Å². The fraction of sp³-hybridized carbons (Fsp3) is 0.632. The first-order chi connectivity index (χ1) is 12.9. The van der Waals surface area contributed by atoms with E-state index in [1.54, 1.807) is 7.11 Å². The number of guanidine groups is 1. The van der Waals surface area contributed by atoms with Crippen molar-refractivity contribution in [1.29, 1.82) is 0 Å². The molecule has 0 spiro atoms. The maximum Gasteiger partial charge on any atom is 0.390 e. The van der Waals surface area contributed by atoms with Crippen LogP contribution in [0.3, 0.4) is 0 Å². The summed E-state index contributed by atoms with van der Waals surface area (Å²) in [6.07, 6.45) is -0.522. The summed E-state index contributed by atoms with van der Waals surface area (Å²) in [5.74, 6) is 1.77. The summed E-state index contributed by atoms with van der Waals surface area (Å²) in [7, 11) is 1.60. The van der Waals surface area contributed by atoms with Crippen molar-refractivity contribution in [1.82, 2.24) is 10.6 Å². The van der Waals surface area contributed by atoms with Gasteiger partial charge in [-0.05, 0) is 44.7 Å². The predicted octanol–water partition coefficient (Wildman–Crippen LogP) is 4.02. The zero-order valence-electron chi connectivity index (χ0n) is 15.9. The smallest absolute Gasteiger partial charge is 0.390 e. The van der Waals surface area contributed by atoms with Crippen LogP contribution < -0.4 is 20.1 Å². The lowest BCUT2D eigenvalue weighted by molar-refractivity contribution is -0.132. The van der Waals surface area contributed by atoms with Crippen molar-refractivity contribution >= 4 is 5.96 Å². The summed E-state index contributed by atoms with van der Waals surface area (Å²) in [5, 5.41) is 5.68. The van der Waals surface area contributed by atoms with Gasteiger partial charge in [-0.3, -0.25) is 0 Å². The third kappa shape index (κ3) is 7.56. The van der Waals surface area contributed by atoms with Crippen LogP contribution in [-0.2, 0) is 6.54 Å². The van der Waals surface area contributed by atoms with Crippen molar-refractivity contribution in [3.05, 3.63) is 23.8 Å². The van der Waals surface area contributed by atoms with E-state index in [0.29, 0.717) is 24.8 Å². The Hall–Kier alpha value is -2.12. The molecule has 0 atom stereocenters. The van der Waals surface area contributed by atoms with E-state index in [9.17, 15) is 13.2 Å². The molecule has 0 bridgehead atoms. The number of benzene rings is 1. The molecule has 0 aromatic heterocycles. The Bertz CT molecular complexity index is 615. The quantitative estimate of drug-likeness (QED) is 0.523. The first-order valence-electron chi connectivity index (χ1n) is 9.33. The van der Waals surface area contributed by atoms with Crippen molar-refractivity contribution in [3.8, 4) is 11.5 Å². The molecule has 8 heteroatoms. The maximum absolute atomic E-state index is 12.3. The zero-order valence-corrected chi connectivity index (χ0v) is 15.9. The van der Waals surface area contributed by atoms with E-state index < -0.39 is 12.6 Å². The number of nitrogens with zero attached hydrogens (tertiary/aromatic N) is 1. The largest absolute Gasteiger partial charge is 0.497 e. The first-order valence-corrected chi connectivity index (χ1v) is 9.33. The third-order valence-electron chi connectivity index (χ3n) is 4.32. The second-order valence-electron chi connectivity index (χ2n) is 6.49. The highest BCUT2D eigenvalue weighted by molar-refractivity contribution is 5.79. The van der Waals surface area contributed by atoms with Gasteiger partial charge in [0.2, 0.25) is 0 Å². The van der Waals surface area contributed by atoms with Crippen LogP contribution >= 0.6 is 0 Å². The van der Waals surface area contributed by atoms with Crippen LogP contribution in [0.25, 0.3) is 0 Å². The Kier molecular flexibility index (Phi) is 8.06. The van der Waals surface area contributed by atoms with Crippen LogP contribution in [-0.4, -0.2) is 38.4 Å². The lowest BCUT2D eigenvalue weighted by atomic mass is 10.2. The molecule has 2 N–H and O–H groups in total. The number of aliphatic imine (C=N–C) groups is 1. The predicted molar refractivity (Wildman–Crippen MR) is 99.4 cm³/mol. The third-order valence-corrected chi connectivity index (χ3v) is 4.32. The Balaban J connectivity index is 2.06. The molecule has 0 heterocycles. The van der Waals surface area contributed by atoms with E-state index in [0.717, 1.165) is 37.0 Å². The zero-order chi connectivity index (χ0) is 19.7. The van der Waals surface area contributed by atoms with Gasteiger partial charge in [-0.25, -0.2) is 4.99 Å². The van der Waals surface area contributed by atoms with E-state index in [2.05, 4.69) is 15.6 Å². The van der Waals surface area contributed by atoms with E-state index in [-0.39, 0.29) is 12.6 Å². The summed E-state index contributed by atoms with van der Waals surface area (Å²) >= 11 is 0. The molecule has 0 aliphatic heterocycles. The number of alkyl halides is 3. The average Bonchev–Trinajstić information content (AvgIpc) is 3.12. The molecule has 152 valence electrons. The van der Waals surface area contributed by atoms with Crippen LogP contribution in [0.1, 0.15) is 44.6 Å². The molecule has 1 saturated carbocycles. The van der Waals surface area contributed by atoms with Crippen LogP contribution in [0.5, 0.6) is 11.5 Å². The van der Waals surface area contributed by atoms with Crippen molar-refractivity contribution in [2.24, 2.45) is 4.99 Å². The molecule has 0 unspecified atom stereocenters. The SMILES string of the molecule is CCNC(=NCc1ccc(OC)cc1OC1CCCC1)NCCC(F)(F)F. The normalized spacial score (nSPS) is 15.7. The number of ether oxygens (including phenoxy) is 2. The second kappa shape index (κ2) is 10.3. The Morgan fingerprint density at radius 2 is 1.96 bits per heavy atom. The Labute approximate surface area is 158 Å². The van der Waals surface area contributed by atoms with Gasteiger partial charge >= 0.3 is 6.18 Å². The summed E-state index contributed by atoms with van der Waals surface area (Å²) < 4.78 is 48.4. The molecular weight excluding hydrogens is 359 g/mol. The van der Waals surface area contributed by atoms with Gasteiger partial charge in [0.05, 0.1) is 26.2 Å². The summed E-state index contributed by atoms with van der Waals surface area (Å²) in [5.41, 5.74) is 0.871. The van der Waals surface area contributed by atoms with E-state index in [1.807, 2.05) is 25.1 Å². The van der Waals surface area contributed by atoms with Gasteiger partial charge in [0, 0.05) is 24.7 Å². The second-order valence-corrected chi connectivity index (χ2v) is 6.49. The van der Waals surface area contributed by atoms with Gasteiger partial charge in [-0.15, -0.1) is 0 Å². The first kappa shape index (κ1) is 21.2. The Morgan fingerprint density at radius 1 is 1.22 bits per heavy atom. The van der Waals surface area contributed by atoms with E-state index in [1.165, 1.54) is 0 Å². The summed E-state index contributed by atoms with van der Waals surface area (Å²) in [6.45, 7) is 2.51. The molecule has 1 aromatic carbocycles. The van der Waals surface area contributed by atoms with Gasteiger partial charge in [0.15, 0.2) is 5.96 Å². The minimum absolute atomic E-state index is 0.193. The average molecular weight is 387 g/mol. The molecule has 2 rings (SSSR count). The van der Waals surface area contributed by atoms with Gasteiger partial charge in [0.1, 0.15) is 11.5 Å². The van der Waals surface area contributed by atoms with Crippen molar-refractivity contribution in [2.45, 2.75) is 57.9 Å². The highest BCUT2D eigenvalue weighted by Gasteiger charge is 2.26. The molecule has 0 saturated heterocycles. The minimum Gasteiger partial charge on any atom is -0.497 e. The maximum atomic E-state index is 12.3. The number of nitrogens with one attached hydrogen (secondary N) is 2.